The second kappa shape index (κ2) is 4.43. The molecule has 0 aliphatic heterocycles. The lowest BCUT2D eigenvalue weighted by Gasteiger charge is -2.05. The zero-order valence-corrected chi connectivity index (χ0v) is 9.57. The first-order chi connectivity index (χ1) is 8.52. The molecule has 0 aliphatic carbocycles. The van der Waals surface area contributed by atoms with Crippen LogP contribution in [0.15, 0.2) is 18.2 Å². The van der Waals surface area contributed by atoms with E-state index in [2.05, 4.69) is 5.10 Å². The Morgan fingerprint density at radius 1 is 1.67 bits per heavy atom. The molecular formula is C11H10N4O3. The van der Waals surface area contributed by atoms with E-state index in [1.807, 2.05) is 6.07 Å². The molecule has 0 fully saturated rings. The van der Waals surface area contributed by atoms with Crippen LogP contribution in [0.4, 0.5) is 5.69 Å². The lowest BCUT2D eigenvalue weighted by Crippen LogP contribution is -2.12. The van der Waals surface area contributed by atoms with Gasteiger partial charge in [0.15, 0.2) is 5.69 Å². The van der Waals surface area contributed by atoms with E-state index < -0.39 is 11.0 Å². The largest absolute Gasteiger partial charge is 0.391 e. The third-order valence-electron chi connectivity index (χ3n) is 2.49. The SMILES string of the molecule is C[C@@H](O)Cn1nc(C#N)c2cc([N+](=O)[O-])ccc21. The van der Waals surface area contributed by atoms with Crippen LogP contribution < -0.4 is 0 Å². The van der Waals surface area contributed by atoms with Gasteiger partial charge in [-0.1, -0.05) is 0 Å². The fourth-order valence-electron chi connectivity index (χ4n) is 1.75. The van der Waals surface area contributed by atoms with Gasteiger partial charge in [0, 0.05) is 17.5 Å². The Balaban J connectivity index is 2.64. The van der Waals surface area contributed by atoms with Crippen molar-refractivity contribution in [2.45, 2.75) is 19.6 Å². The van der Waals surface area contributed by atoms with Crippen molar-refractivity contribution in [1.82, 2.24) is 9.78 Å². The molecule has 1 N–H and O–H groups in total. The van der Waals surface area contributed by atoms with Crippen molar-refractivity contribution in [1.29, 1.82) is 5.26 Å². The normalized spacial score (nSPS) is 12.3. The number of nitro benzene ring substituents is 1. The molecule has 7 nitrogen and oxygen atoms in total. The fourth-order valence-corrected chi connectivity index (χ4v) is 1.75. The van der Waals surface area contributed by atoms with Crippen LogP contribution in [0.5, 0.6) is 0 Å². The second-order valence-corrected chi connectivity index (χ2v) is 3.95. The van der Waals surface area contributed by atoms with E-state index in [0.717, 1.165) is 0 Å². The zero-order chi connectivity index (χ0) is 13.3. The maximum atomic E-state index is 10.7. The van der Waals surface area contributed by atoms with Crippen molar-refractivity contribution in [3.8, 4) is 6.07 Å². The highest BCUT2D eigenvalue weighted by Gasteiger charge is 2.15. The Hall–Kier alpha value is -2.46. The van der Waals surface area contributed by atoms with Crippen LogP contribution in [0, 0.1) is 21.4 Å². The van der Waals surface area contributed by atoms with Gasteiger partial charge in [0.2, 0.25) is 0 Å². The quantitative estimate of drug-likeness (QED) is 0.647. The van der Waals surface area contributed by atoms with Gasteiger partial charge < -0.3 is 5.11 Å². The van der Waals surface area contributed by atoms with Gasteiger partial charge in [-0.3, -0.25) is 14.8 Å². The molecule has 1 heterocycles. The van der Waals surface area contributed by atoms with Gasteiger partial charge in [-0.2, -0.15) is 10.4 Å². The van der Waals surface area contributed by atoms with Crippen LogP contribution >= 0.6 is 0 Å². The number of fused-ring (bicyclic) bond motifs is 1. The third kappa shape index (κ3) is 2.01. The van der Waals surface area contributed by atoms with Crippen molar-refractivity contribution in [2.24, 2.45) is 0 Å². The van der Waals surface area contributed by atoms with Gasteiger partial charge in [-0.15, -0.1) is 0 Å². The Kier molecular flexibility index (Phi) is 2.95. The fraction of sp³-hybridized carbons (Fsp3) is 0.273. The first-order valence-electron chi connectivity index (χ1n) is 5.26. The summed E-state index contributed by atoms with van der Waals surface area (Å²) in [5.41, 5.74) is 0.628. The van der Waals surface area contributed by atoms with Crippen LogP contribution in [-0.2, 0) is 6.54 Å². The number of rotatable bonds is 3. The topological polar surface area (TPSA) is 105 Å². The molecule has 0 bridgehead atoms. The maximum Gasteiger partial charge on any atom is 0.270 e. The molecular weight excluding hydrogens is 236 g/mol. The van der Waals surface area contributed by atoms with Crippen LogP contribution in [0.2, 0.25) is 0 Å². The standard InChI is InChI=1S/C11H10N4O3/c1-7(16)6-14-11-3-2-8(15(17)18)4-9(11)10(5-12)13-14/h2-4,7,16H,6H2,1H3/t7-/m1/s1. The highest BCUT2D eigenvalue weighted by atomic mass is 16.6. The predicted octanol–water partition coefficient (Wildman–Crippen LogP) is 1.20. The molecule has 7 heteroatoms. The van der Waals surface area contributed by atoms with Crippen molar-refractivity contribution in [3.63, 3.8) is 0 Å². The lowest BCUT2D eigenvalue weighted by atomic mass is 10.2. The molecule has 0 radical (unpaired) electrons. The Morgan fingerprint density at radius 2 is 2.39 bits per heavy atom. The average molecular weight is 246 g/mol. The molecule has 1 atom stereocenters. The molecule has 0 amide bonds. The lowest BCUT2D eigenvalue weighted by molar-refractivity contribution is -0.384. The predicted molar refractivity (Wildman–Crippen MR) is 62.8 cm³/mol. The van der Waals surface area contributed by atoms with E-state index in [9.17, 15) is 15.2 Å². The number of benzene rings is 1. The van der Waals surface area contributed by atoms with Gasteiger partial charge in [0.25, 0.3) is 5.69 Å². The number of nitro groups is 1. The molecule has 92 valence electrons. The van der Waals surface area contributed by atoms with E-state index in [-0.39, 0.29) is 17.9 Å². The van der Waals surface area contributed by atoms with Crippen LogP contribution in [0.25, 0.3) is 10.9 Å². The third-order valence-corrected chi connectivity index (χ3v) is 2.49. The van der Waals surface area contributed by atoms with E-state index in [4.69, 9.17) is 5.26 Å². The minimum absolute atomic E-state index is 0.0874. The summed E-state index contributed by atoms with van der Waals surface area (Å²) in [4.78, 5) is 10.2. The number of hydrogen-bond donors (Lipinski definition) is 1. The molecule has 0 spiro atoms. The summed E-state index contributed by atoms with van der Waals surface area (Å²) >= 11 is 0. The number of aliphatic hydroxyl groups excluding tert-OH is 1. The van der Waals surface area contributed by atoms with Gasteiger partial charge in [-0.05, 0) is 13.0 Å². The van der Waals surface area contributed by atoms with Crippen molar-refractivity contribution in [3.05, 3.63) is 34.0 Å². The van der Waals surface area contributed by atoms with Crippen molar-refractivity contribution < 1.29 is 10.0 Å². The van der Waals surface area contributed by atoms with Crippen LogP contribution in [0.1, 0.15) is 12.6 Å². The molecule has 0 unspecified atom stereocenters. The van der Waals surface area contributed by atoms with E-state index in [1.54, 1.807) is 6.92 Å². The number of nitriles is 1. The highest BCUT2D eigenvalue weighted by molar-refractivity contribution is 5.86. The molecule has 0 saturated carbocycles. The molecule has 2 aromatic rings. The molecule has 0 saturated heterocycles. The number of non-ortho nitro benzene ring substituents is 1. The van der Waals surface area contributed by atoms with Crippen molar-refractivity contribution >= 4 is 16.6 Å². The first kappa shape index (κ1) is 12.0. The molecule has 18 heavy (non-hydrogen) atoms. The maximum absolute atomic E-state index is 10.7. The van der Waals surface area contributed by atoms with Gasteiger partial charge in [-0.25, -0.2) is 0 Å². The molecule has 0 aliphatic rings. The number of aromatic nitrogens is 2. The zero-order valence-electron chi connectivity index (χ0n) is 9.57. The summed E-state index contributed by atoms with van der Waals surface area (Å²) < 4.78 is 1.47. The van der Waals surface area contributed by atoms with Gasteiger partial charge in [0.05, 0.1) is 23.1 Å². The average Bonchev–Trinajstić information content (AvgIpc) is 2.66. The number of hydrogen-bond acceptors (Lipinski definition) is 5. The first-order valence-corrected chi connectivity index (χ1v) is 5.26. The van der Waals surface area contributed by atoms with Crippen molar-refractivity contribution in [2.75, 3.05) is 0 Å². The minimum atomic E-state index is -0.616. The number of nitrogens with zero attached hydrogens (tertiary/aromatic N) is 4. The monoisotopic (exact) mass is 246 g/mol. The Bertz CT molecular complexity index is 654. The minimum Gasteiger partial charge on any atom is -0.391 e. The van der Waals surface area contributed by atoms with Gasteiger partial charge >= 0.3 is 0 Å². The van der Waals surface area contributed by atoms with Crippen LogP contribution in [0.3, 0.4) is 0 Å². The van der Waals surface area contributed by atoms with E-state index >= 15 is 0 Å². The van der Waals surface area contributed by atoms with Crippen LogP contribution in [-0.4, -0.2) is 25.9 Å². The van der Waals surface area contributed by atoms with Gasteiger partial charge in [0.1, 0.15) is 6.07 Å². The summed E-state index contributed by atoms with van der Waals surface area (Å²) in [6, 6.07) is 6.09. The van der Waals surface area contributed by atoms with E-state index in [1.165, 1.54) is 22.9 Å². The second-order valence-electron chi connectivity index (χ2n) is 3.95. The molecule has 1 aromatic heterocycles. The summed E-state index contributed by atoms with van der Waals surface area (Å²) in [7, 11) is 0. The number of aliphatic hydroxyl groups is 1. The Labute approximate surface area is 102 Å². The summed E-state index contributed by atoms with van der Waals surface area (Å²) in [5.74, 6) is 0. The Morgan fingerprint density at radius 3 is 2.94 bits per heavy atom. The molecule has 2 rings (SSSR count). The van der Waals surface area contributed by atoms with E-state index in [0.29, 0.717) is 10.9 Å². The summed E-state index contributed by atoms with van der Waals surface area (Å²) in [5, 5.41) is 33.4. The highest BCUT2D eigenvalue weighted by Crippen LogP contribution is 2.23. The summed E-state index contributed by atoms with van der Waals surface area (Å²) in [6.45, 7) is 1.83. The smallest absolute Gasteiger partial charge is 0.270 e. The molecule has 1 aromatic carbocycles. The summed E-state index contributed by atoms with van der Waals surface area (Å²) in [6.07, 6.45) is -0.616.